The molecule has 272 valence electrons. The SMILES string of the molecule is CC/C=C\C(C)[C@H](O)[C@@H](C)[C@H](O[Si](C)(C)C(C)(C)C)[C@@H](C)C/C(C)=C\[C@H](C)[C@@H](OCOC)C(C)/C=C\c1ccc2c(c1)N(C)C(=O)CO2. The number of fused-ring (bicyclic) bond motifs is 1. The minimum absolute atomic E-state index is 0.0214. The third-order valence-electron chi connectivity index (χ3n) is 10.3. The molecule has 1 aromatic rings. The van der Waals surface area contributed by atoms with E-state index < -0.39 is 14.4 Å². The average molecular weight is 686 g/mol. The third-order valence-corrected chi connectivity index (χ3v) is 14.8. The Balaban J connectivity index is 2.28. The number of carbonyl (C=O) groups excluding carboxylic acids is 1. The zero-order valence-electron chi connectivity index (χ0n) is 32.5. The van der Waals surface area contributed by atoms with Gasteiger partial charge in [0.25, 0.3) is 5.91 Å². The van der Waals surface area contributed by atoms with E-state index in [1.54, 1.807) is 19.1 Å². The first-order chi connectivity index (χ1) is 22.3. The predicted octanol–water partition coefficient (Wildman–Crippen LogP) is 9.28. The minimum atomic E-state index is -2.10. The summed E-state index contributed by atoms with van der Waals surface area (Å²) in [6, 6.07) is 5.91. The van der Waals surface area contributed by atoms with E-state index in [4.69, 9.17) is 18.6 Å². The number of methoxy groups -OCH3 is 1. The lowest BCUT2D eigenvalue weighted by Crippen LogP contribution is -2.49. The molecule has 1 N–H and O–H groups in total. The van der Waals surface area contributed by atoms with Gasteiger partial charge in [-0.3, -0.25) is 4.79 Å². The molecule has 8 heteroatoms. The number of hydrogen-bond donors (Lipinski definition) is 1. The van der Waals surface area contributed by atoms with Crippen molar-refractivity contribution in [2.24, 2.45) is 29.6 Å². The topological polar surface area (TPSA) is 77.5 Å². The third kappa shape index (κ3) is 11.7. The van der Waals surface area contributed by atoms with E-state index in [1.807, 2.05) is 18.2 Å². The summed E-state index contributed by atoms with van der Waals surface area (Å²) in [5.74, 6) is 1.12. The number of nitrogens with zero attached hydrogens (tertiary/aromatic N) is 1. The van der Waals surface area contributed by atoms with Gasteiger partial charge in [0.1, 0.15) is 12.5 Å². The van der Waals surface area contributed by atoms with Crippen molar-refractivity contribution in [3.8, 4) is 5.75 Å². The van der Waals surface area contributed by atoms with Gasteiger partial charge in [-0.1, -0.05) is 104 Å². The summed E-state index contributed by atoms with van der Waals surface area (Å²) in [6.07, 6.45) is 12.0. The Hall–Kier alpha value is -2.23. The van der Waals surface area contributed by atoms with Crippen LogP contribution in [0.4, 0.5) is 5.69 Å². The molecular weight excluding hydrogens is 619 g/mol. The number of anilines is 1. The molecule has 1 aliphatic heterocycles. The summed E-state index contributed by atoms with van der Waals surface area (Å²) in [5, 5.41) is 11.5. The smallest absolute Gasteiger partial charge is 0.264 e. The maximum Gasteiger partial charge on any atom is 0.264 e. The standard InChI is InChI=1S/C40H67NO6Si/c1-15-16-17-28(3)37(43)32(7)39(47-48(13,14)40(8,9)10)31(6)23-27(2)22-30(5)38(46-26-44-12)29(4)18-19-33-20-21-35-34(24-33)41(11)36(42)25-45-35/h16-22,24,28-32,37-39,43H,15,23,25-26H2,1-14H3/b17-16-,19-18-,27-22-/t28?,29?,30-,31-,32+,37-,38-,39+/m0/s1. The van der Waals surface area contributed by atoms with Gasteiger partial charge in [-0.05, 0) is 61.5 Å². The van der Waals surface area contributed by atoms with E-state index in [-0.39, 0.29) is 66.1 Å². The van der Waals surface area contributed by atoms with Crippen molar-refractivity contribution in [2.75, 3.05) is 32.5 Å². The van der Waals surface area contributed by atoms with Crippen LogP contribution >= 0.6 is 0 Å². The fraction of sp³-hybridized carbons (Fsp3) is 0.675. The Labute approximate surface area is 293 Å². The number of likely N-dealkylation sites (N-methyl/N-ethyl adjacent to an activating group) is 1. The van der Waals surface area contributed by atoms with Crippen molar-refractivity contribution in [3.63, 3.8) is 0 Å². The molecule has 2 unspecified atom stereocenters. The van der Waals surface area contributed by atoms with Gasteiger partial charge >= 0.3 is 0 Å². The Morgan fingerprint density at radius 1 is 1.06 bits per heavy atom. The Morgan fingerprint density at radius 3 is 2.33 bits per heavy atom. The van der Waals surface area contributed by atoms with Crippen LogP contribution in [-0.2, 0) is 18.7 Å². The number of amides is 1. The molecule has 0 aliphatic carbocycles. The van der Waals surface area contributed by atoms with Gasteiger partial charge in [0, 0.05) is 37.8 Å². The lowest BCUT2D eigenvalue weighted by molar-refractivity contribution is -0.120. The van der Waals surface area contributed by atoms with Crippen molar-refractivity contribution >= 4 is 26.0 Å². The van der Waals surface area contributed by atoms with Crippen LogP contribution in [0.2, 0.25) is 18.1 Å². The fourth-order valence-electron chi connectivity index (χ4n) is 6.33. The van der Waals surface area contributed by atoms with Gasteiger partial charge in [-0.2, -0.15) is 0 Å². The maximum absolute atomic E-state index is 12.1. The molecule has 8 atom stereocenters. The monoisotopic (exact) mass is 685 g/mol. The van der Waals surface area contributed by atoms with E-state index in [1.165, 1.54) is 5.57 Å². The van der Waals surface area contributed by atoms with Crippen molar-refractivity contribution in [1.29, 1.82) is 0 Å². The molecule has 0 saturated carbocycles. The number of rotatable bonds is 18. The average Bonchev–Trinajstić information content (AvgIpc) is 3.02. The van der Waals surface area contributed by atoms with Crippen LogP contribution in [0.1, 0.15) is 87.6 Å². The largest absolute Gasteiger partial charge is 0.482 e. The molecule has 0 radical (unpaired) electrons. The van der Waals surface area contributed by atoms with Gasteiger partial charge in [0.05, 0.1) is 24.0 Å². The normalized spacial score (nSPS) is 19.9. The number of allylic oxidation sites excluding steroid dienone is 2. The lowest BCUT2D eigenvalue weighted by atomic mass is 9.81. The van der Waals surface area contributed by atoms with Crippen LogP contribution in [-0.4, -0.2) is 65.2 Å². The molecule has 0 aromatic heterocycles. The molecule has 2 rings (SSSR count). The number of aliphatic hydroxyl groups is 1. The highest BCUT2D eigenvalue weighted by molar-refractivity contribution is 6.74. The molecule has 0 saturated heterocycles. The summed E-state index contributed by atoms with van der Waals surface area (Å²) >= 11 is 0. The highest BCUT2D eigenvalue weighted by atomic mass is 28.4. The van der Waals surface area contributed by atoms with Gasteiger partial charge in [0.2, 0.25) is 0 Å². The molecule has 1 aromatic carbocycles. The molecule has 48 heavy (non-hydrogen) atoms. The second kappa shape index (κ2) is 18.7. The first kappa shape index (κ1) is 41.9. The molecule has 1 amide bonds. The molecule has 0 bridgehead atoms. The highest BCUT2D eigenvalue weighted by Crippen LogP contribution is 2.41. The van der Waals surface area contributed by atoms with E-state index in [9.17, 15) is 9.90 Å². The molecular formula is C40H67NO6Si. The predicted molar refractivity (Wildman–Crippen MR) is 203 cm³/mol. The molecule has 0 fully saturated rings. The van der Waals surface area contributed by atoms with Crippen LogP contribution in [0.5, 0.6) is 5.75 Å². The first-order valence-electron chi connectivity index (χ1n) is 17.9. The van der Waals surface area contributed by atoms with Crippen molar-refractivity contribution in [2.45, 2.75) is 119 Å². The summed E-state index contributed by atoms with van der Waals surface area (Å²) in [4.78, 5) is 13.8. The first-order valence-corrected chi connectivity index (χ1v) is 20.8. The van der Waals surface area contributed by atoms with E-state index in [2.05, 4.69) is 113 Å². The van der Waals surface area contributed by atoms with Gasteiger partial charge in [0.15, 0.2) is 14.9 Å². The number of hydrogen-bond acceptors (Lipinski definition) is 6. The highest BCUT2D eigenvalue weighted by Gasteiger charge is 2.43. The van der Waals surface area contributed by atoms with E-state index in [0.29, 0.717) is 0 Å². The van der Waals surface area contributed by atoms with Crippen LogP contribution in [0.25, 0.3) is 6.08 Å². The summed E-state index contributed by atoms with van der Waals surface area (Å²) < 4.78 is 24.3. The molecule has 0 spiro atoms. The summed E-state index contributed by atoms with van der Waals surface area (Å²) in [5.41, 5.74) is 3.05. The number of carbonyl (C=O) groups is 1. The van der Waals surface area contributed by atoms with Crippen LogP contribution in [0, 0.1) is 29.6 Å². The van der Waals surface area contributed by atoms with Crippen LogP contribution in [0.3, 0.4) is 0 Å². The quantitative estimate of drug-likeness (QED) is 0.0943. The molecule has 7 nitrogen and oxygen atoms in total. The Kier molecular flexibility index (Phi) is 16.3. The minimum Gasteiger partial charge on any atom is -0.482 e. The zero-order valence-corrected chi connectivity index (χ0v) is 33.5. The number of ether oxygens (including phenoxy) is 3. The molecule has 1 heterocycles. The summed E-state index contributed by atoms with van der Waals surface area (Å²) in [6.45, 7) is 26.9. The van der Waals surface area contributed by atoms with Gasteiger partial charge < -0.3 is 28.6 Å². The van der Waals surface area contributed by atoms with Crippen molar-refractivity contribution in [1.82, 2.24) is 0 Å². The second-order valence-corrected chi connectivity index (χ2v) is 20.4. The van der Waals surface area contributed by atoms with E-state index >= 15 is 0 Å². The Bertz CT molecular complexity index is 1250. The molecule has 1 aliphatic rings. The second-order valence-electron chi connectivity index (χ2n) is 15.7. The van der Waals surface area contributed by atoms with Gasteiger partial charge in [-0.15, -0.1) is 0 Å². The van der Waals surface area contributed by atoms with Crippen LogP contribution in [0.15, 0.2) is 48.1 Å². The van der Waals surface area contributed by atoms with E-state index in [0.717, 1.165) is 29.8 Å². The Morgan fingerprint density at radius 2 is 1.73 bits per heavy atom. The summed E-state index contributed by atoms with van der Waals surface area (Å²) in [7, 11) is 1.33. The number of aliphatic hydroxyl groups excluding tert-OH is 1. The fourth-order valence-corrected chi connectivity index (χ4v) is 7.81. The number of benzene rings is 1. The lowest BCUT2D eigenvalue weighted by Gasteiger charge is -2.44. The maximum atomic E-state index is 12.1. The van der Waals surface area contributed by atoms with Crippen LogP contribution < -0.4 is 9.64 Å². The van der Waals surface area contributed by atoms with Crippen molar-refractivity contribution in [3.05, 3.63) is 53.6 Å². The van der Waals surface area contributed by atoms with Crippen molar-refractivity contribution < 1.29 is 28.5 Å². The zero-order chi connectivity index (χ0) is 36.4. The van der Waals surface area contributed by atoms with Gasteiger partial charge in [-0.25, -0.2) is 0 Å².